The summed E-state index contributed by atoms with van der Waals surface area (Å²) in [5.74, 6) is 0.866. The van der Waals surface area contributed by atoms with Gasteiger partial charge >= 0.3 is 0 Å². The maximum Gasteiger partial charge on any atom is 0.241 e. The second kappa shape index (κ2) is 10.1. The van der Waals surface area contributed by atoms with Gasteiger partial charge in [0.15, 0.2) is 0 Å². The van der Waals surface area contributed by atoms with Crippen LogP contribution in [0.25, 0.3) is 0 Å². The Labute approximate surface area is 171 Å². The molecule has 0 saturated heterocycles. The van der Waals surface area contributed by atoms with E-state index in [4.69, 9.17) is 4.74 Å². The molecule has 0 atom stereocenters. The zero-order valence-corrected chi connectivity index (χ0v) is 17.2. The van der Waals surface area contributed by atoms with Gasteiger partial charge in [0.25, 0.3) is 0 Å². The minimum Gasteiger partial charge on any atom is -0.492 e. The molecule has 0 aliphatic heterocycles. The molecule has 3 rings (SSSR count). The quantitative estimate of drug-likeness (QED) is 0.669. The summed E-state index contributed by atoms with van der Waals surface area (Å²) in [7, 11) is 0. The number of benzene rings is 1. The van der Waals surface area contributed by atoms with Gasteiger partial charge in [-0.1, -0.05) is 18.2 Å². The third kappa shape index (κ3) is 6.34. The van der Waals surface area contributed by atoms with Gasteiger partial charge < -0.3 is 15.4 Å². The van der Waals surface area contributed by atoms with Crippen LogP contribution < -0.4 is 15.4 Å². The van der Waals surface area contributed by atoms with E-state index in [0.717, 1.165) is 42.8 Å². The third-order valence-corrected chi connectivity index (χ3v) is 5.27. The van der Waals surface area contributed by atoms with Gasteiger partial charge in [0, 0.05) is 17.7 Å². The van der Waals surface area contributed by atoms with Gasteiger partial charge in [-0.15, -0.1) is 0 Å². The van der Waals surface area contributed by atoms with Crippen molar-refractivity contribution in [3.05, 3.63) is 47.8 Å². The van der Waals surface area contributed by atoms with Gasteiger partial charge in [-0.05, 0) is 57.7 Å². The molecule has 0 bridgehead atoms. The number of aromatic nitrogens is 2. The average molecular weight is 399 g/mol. The fraction of sp³-hybridized carbons (Fsp3) is 0.500. The van der Waals surface area contributed by atoms with E-state index in [1.54, 1.807) is 4.68 Å². The summed E-state index contributed by atoms with van der Waals surface area (Å²) in [5.41, 5.74) is 1.89. The molecule has 7 nitrogen and oxygen atoms in total. The molecule has 1 aromatic carbocycles. The summed E-state index contributed by atoms with van der Waals surface area (Å²) in [4.78, 5) is 24.6. The number of aryl methyl sites for hydroxylation is 2. The lowest BCUT2D eigenvalue weighted by Crippen LogP contribution is -2.42. The lowest BCUT2D eigenvalue weighted by Gasteiger charge is -2.28. The van der Waals surface area contributed by atoms with Gasteiger partial charge in [-0.25, -0.2) is 0 Å². The van der Waals surface area contributed by atoms with Crippen molar-refractivity contribution in [2.45, 2.75) is 52.1 Å². The van der Waals surface area contributed by atoms with Gasteiger partial charge in [-0.2, -0.15) is 5.10 Å². The van der Waals surface area contributed by atoms with Crippen LogP contribution in [0.2, 0.25) is 0 Å². The summed E-state index contributed by atoms with van der Waals surface area (Å²) in [6.07, 6.45) is 3.22. The maximum atomic E-state index is 12.4. The molecule has 156 valence electrons. The highest BCUT2D eigenvalue weighted by molar-refractivity contribution is 5.79. The van der Waals surface area contributed by atoms with Crippen molar-refractivity contribution in [2.24, 2.45) is 5.92 Å². The number of carbonyl (C=O) groups is 2. The van der Waals surface area contributed by atoms with Crippen molar-refractivity contribution in [2.75, 3.05) is 13.2 Å². The number of rotatable bonds is 8. The molecule has 7 heteroatoms. The first kappa shape index (κ1) is 20.9. The molecule has 1 fully saturated rings. The zero-order valence-electron chi connectivity index (χ0n) is 17.2. The summed E-state index contributed by atoms with van der Waals surface area (Å²) in [6.45, 7) is 5.05. The molecule has 1 aliphatic carbocycles. The van der Waals surface area contributed by atoms with Crippen molar-refractivity contribution in [3.63, 3.8) is 0 Å². The number of amides is 2. The van der Waals surface area contributed by atoms with Gasteiger partial charge in [0.2, 0.25) is 11.8 Å². The van der Waals surface area contributed by atoms with Crippen LogP contribution in [0.1, 0.15) is 37.1 Å². The molecule has 29 heavy (non-hydrogen) atoms. The number of ether oxygens (including phenoxy) is 1. The zero-order chi connectivity index (χ0) is 20.6. The van der Waals surface area contributed by atoms with Crippen molar-refractivity contribution in [1.29, 1.82) is 0 Å². The molecular weight excluding hydrogens is 368 g/mol. The molecule has 1 aliphatic rings. The Bertz CT molecular complexity index is 811. The normalized spacial score (nSPS) is 18.8. The number of hydrogen-bond donors (Lipinski definition) is 2. The average Bonchev–Trinajstić information content (AvgIpc) is 3.03. The van der Waals surface area contributed by atoms with E-state index in [1.807, 2.05) is 50.2 Å². The number of nitrogens with one attached hydrogen (secondary N) is 2. The van der Waals surface area contributed by atoms with Crippen LogP contribution in [0.4, 0.5) is 0 Å². The molecule has 1 heterocycles. The molecule has 2 aromatic rings. The number of carbonyl (C=O) groups excluding carboxylic acids is 2. The summed E-state index contributed by atoms with van der Waals surface area (Å²) in [6, 6.07) is 11.7. The molecule has 0 radical (unpaired) electrons. The van der Waals surface area contributed by atoms with E-state index < -0.39 is 0 Å². The lowest BCUT2D eigenvalue weighted by atomic mass is 9.85. The predicted molar refractivity (Wildman–Crippen MR) is 111 cm³/mol. The molecule has 0 unspecified atom stereocenters. The largest absolute Gasteiger partial charge is 0.492 e. The Morgan fingerprint density at radius 1 is 1.14 bits per heavy atom. The molecule has 2 N–H and O–H groups in total. The van der Waals surface area contributed by atoms with Crippen molar-refractivity contribution >= 4 is 11.8 Å². The Morgan fingerprint density at radius 2 is 1.86 bits per heavy atom. The molecular formula is C22H30N4O3. The van der Waals surface area contributed by atoms with Crippen molar-refractivity contribution in [3.8, 4) is 5.75 Å². The highest BCUT2D eigenvalue weighted by atomic mass is 16.5. The van der Waals surface area contributed by atoms with E-state index >= 15 is 0 Å². The fourth-order valence-electron chi connectivity index (χ4n) is 3.75. The van der Waals surface area contributed by atoms with Crippen LogP contribution in [-0.4, -0.2) is 40.8 Å². The number of nitrogens with zero attached hydrogens (tertiary/aromatic N) is 2. The minimum absolute atomic E-state index is 0.0101. The van der Waals surface area contributed by atoms with E-state index in [2.05, 4.69) is 15.7 Å². The van der Waals surface area contributed by atoms with Crippen LogP contribution in [0, 0.1) is 19.8 Å². The molecule has 0 spiro atoms. The highest BCUT2D eigenvalue weighted by Crippen LogP contribution is 2.24. The Morgan fingerprint density at radius 3 is 2.52 bits per heavy atom. The summed E-state index contributed by atoms with van der Waals surface area (Å²) in [5, 5.41) is 10.4. The minimum atomic E-state index is -0.0258. The number of para-hydroxylation sites is 1. The monoisotopic (exact) mass is 398 g/mol. The van der Waals surface area contributed by atoms with Crippen LogP contribution in [0.15, 0.2) is 36.4 Å². The Kier molecular flexibility index (Phi) is 7.27. The SMILES string of the molecule is Cc1cc(C)n(CC(=O)NC2CCC(C(=O)NCCOc3ccccc3)CC2)n1. The van der Waals surface area contributed by atoms with E-state index in [-0.39, 0.29) is 30.3 Å². The Hall–Kier alpha value is -2.83. The lowest BCUT2D eigenvalue weighted by molar-refractivity contribution is -0.126. The van der Waals surface area contributed by atoms with Crippen LogP contribution in [0.3, 0.4) is 0 Å². The van der Waals surface area contributed by atoms with Crippen molar-refractivity contribution < 1.29 is 14.3 Å². The maximum absolute atomic E-state index is 12.4. The second-order valence-electron chi connectivity index (χ2n) is 7.65. The molecule has 1 aromatic heterocycles. The van der Waals surface area contributed by atoms with E-state index in [0.29, 0.717) is 13.2 Å². The predicted octanol–water partition coefficient (Wildman–Crippen LogP) is 2.37. The number of hydrogen-bond acceptors (Lipinski definition) is 4. The van der Waals surface area contributed by atoms with Crippen LogP contribution >= 0.6 is 0 Å². The van der Waals surface area contributed by atoms with Gasteiger partial charge in [0.05, 0.1) is 12.2 Å². The van der Waals surface area contributed by atoms with Crippen molar-refractivity contribution in [1.82, 2.24) is 20.4 Å². The first-order chi connectivity index (χ1) is 14.0. The van der Waals surface area contributed by atoms with Crippen LogP contribution in [0.5, 0.6) is 5.75 Å². The second-order valence-corrected chi connectivity index (χ2v) is 7.65. The molecule has 1 saturated carbocycles. The van der Waals surface area contributed by atoms with Crippen LogP contribution in [-0.2, 0) is 16.1 Å². The summed E-state index contributed by atoms with van der Waals surface area (Å²) >= 11 is 0. The summed E-state index contributed by atoms with van der Waals surface area (Å²) < 4.78 is 7.32. The Balaban J connectivity index is 1.32. The highest BCUT2D eigenvalue weighted by Gasteiger charge is 2.27. The molecule has 2 amide bonds. The standard InChI is InChI=1S/C22H30N4O3/c1-16-14-17(2)26(25-16)15-21(27)24-19-10-8-18(9-11-19)22(28)23-12-13-29-20-6-4-3-5-7-20/h3-7,14,18-19H,8-13,15H2,1-2H3,(H,23,28)(H,24,27). The van der Waals surface area contributed by atoms with Gasteiger partial charge in [-0.3, -0.25) is 14.3 Å². The third-order valence-electron chi connectivity index (χ3n) is 5.27. The van der Waals surface area contributed by atoms with E-state index in [1.165, 1.54) is 0 Å². The smallest absolute Gasteiger partial charge is 0.241 e. The topological polar surface area (TPSA) is 85.2 Å². The van der Waals surface area contributed by atoms with E-state index in [9.17, 15) is 9.59 Å². The fourth-order valence-corrected chi connectivity index (χ4v) is 3.75. The van der Waals surface area contributed by atoms with Gasteiger partial charge in [0.1, 0.15) is 18.9 Å². The first-order valence-corrected chi connectivity index (χ1v) is 10.3. The first-order valence-electron chi connectivity index (χ1n) is 10.3.